The zero-order valence-corrected chi connectivity index (χ0v) is 17.6. The molecule has 3 heterocycles. The van der Waals surface area contributed by atoms with Gasteiger partial charge in [0.15, 0.2) is 0 Å². The molecular weight excluding hydrogens is 412 g/mol. The van der Waals surface area contributed by atoms with Crippen LogP contribution in [0.1, 0.15) is 39.6 Å². The van der Waals surface area contributed by atoms with Gasteiger partial charge in [-0.2, -0.15) is 0 Å². The smallest absolute Gasteiger partial charge is 0.265 e. The molecular formula is C22H20N6O2S. The first-order valence-electron chi connectivity index (χ1n) is 9.81. The minimum Gasteiger partial charge on any atom is -0.344 e. The molecule has 1 atom stereocenters. The third-order valence-electron chi connectivity index (χ3n) is 4.75. The average molecular weight is 433 g/mol. The number of benzene rings is 1. The summed E-state index contributed by atoms with van der Waals surface area (Å²) >= 11 is 1.08. The number of nitrogens with zero attached hydrogens (tertiary/aromatic N) is 4. The van der Waals surface area contributed by atoms with Crippen LogP contribution in [0.25, 0.3) is 11.4 Å². The fourth-order valence-corrected chi connectivity index (χ4v) is 3.89. The SMILES string of the molecule is CCc1nnsc1C(=O)N[C@H](Cc1cc(=O)[nH]c(-c2cccnc2)n1)c1ccccc1. The molecule has 0 aliphatic heterocycles. The Hall–Kier alpha value is -3.72. The molecule has 2 N–H and O–H groups in total. The highest BCUT2D eigenvalue weighted by Crippen LogP contribution is 2.21. The lowest BCUT2D eigenvalue weighted by atomic mass is 10.0. The van der Waals surface area contributed by atoms with Crippen molar-refractivity contribution < 1.29 is 4.79 Å². The minimum atomic E-state index is -0.378. The third kappa shape index (κ3) is 4.89. The van der Waals surface area contributed by atoms with Gasteiger partial charge in [-0.3, -0.25) is 14.6 Å². The Kier molecular flexibility index (Phi) is 6.23. The molecule has 1 amide bonds. The molecule has 9 heteroatoms. The lowest BCUT2D eigenvalue weighted by Crippen LogP contribution is -2.30. The standard InChI is InChI=1S/C22H20N6O2S/c1-2-17-20(31-28-27-17)22(30)25-18(14-7-4-3-5-8-14)11-16-12-19(29)26-21(24-16)15-9-6-10-23-13-15/h3-10,12-13,18H,2,11H2,1H3,(H,25,30)(H,24,26,29)/t18-/m1/s1. The first-order valence-corrected chi connectivity index (χ1v) is 10.6. The Morgan fingerprint density at radius 1 is 1.19 bits per heavy atom. The average Bonchev–Trinajstić information content (AvgIpc) is 3.29. The van der Waals surface area contributed by atoms with Crippen molar-refractivity contribution >= 4 is 17.4 Å². The van der Waals surface area contributed by atoms with Gasteiger partial charge in [0.2, 0.25) is 0 Å². The van der Waals surface area contributed by atoms with Crippen molar-refractivity contribution in [3.8, 4) is 11.4 Å². The molecule has 0 spiro atoms. The zero-order valence-electron chi connectivity index (χ0n) is 16.8. The van der Waals surface area contributed by atoms with Crippen LogP contribution in [0.2, 0.25) is 0 Å². The van der Waals surface area contributed by atoms with Crippen molar-refractivity contribution in [2.75, 3.05) is 0 Å². The Balaban J connectivity index is 1.65. The summed E-state index contributed by atoms with van der Waals surface area (Å²) in [6.45, 7) is 1.93. The van der Waals surface area contributed by atoms with E-state index >= 15 is 0 Å². The van der Waals surface area contributed by atoms with Gasteiger partial charge in [-0.15, -0.1) is 5.10 Å². The molecule has 0 aliphatic rings. The van der Waals surface area contributed by atoms with Gasteiger partial charge in [0.1, 0.15) is 10.7 Å². The van der Waals surface area contributed by atoms with E-state index in [9.17, 15) is 9.59 Å². The Morgan fingerprint density at radius 3 is 2.77 bits per heavy atom. The maximum absolute atomic E-state index is 12.9. The van der Waals surface area contributed by atoms with Crippen molar-refractivity contribution in [3.05, 3.63) is 93.1 Å². The summed E-state index contributed by atoms with van der Waals surface area (Å²) < 4.78 is 3.90. The number of pyridine rings is 1. The fourth-order valence-electron chi connectivity index (χ4n) is 3.23. The molecule has 0 saturated carbocycles. The molecule has 0 fully saturated rings. The molecule has 0 bridgehead atoms. The summed E-state index contributed by atoms with van der Waals surface area (Å²) in [5, 5.41) is 7.09. The molecule has 8 nitrogen and oxygen atoms in total. The largest absolute Gasteiger partial charge is 0.344 e. The van der Waals surface area contributed by atoms with E-state index in [4.69, 9.17) is 0 Å². The summed E-state index contributed by atoms with van der Waals surface area (Å²) in [4.78, 5) is 37.1. The second-order valence-corrected chi connectivity index (χ2v) is 7.62. The number of amides is 1. The predicted molar refractivity (Wildman–Crippen MR) is 118 cm³/mol. The van der Waals surface area contributed by atoms with Crippen LogP contribution in [0.3, 0.4) is 0 Å². The zero-order chi connectivity index (χ0) is 21.6. The Bertz CT molecular complexity index is 1220. The molecule has 3 aromatic heterocycles. The first kappa shape index (κ1) is 20.5. The molecule has 4 rings (SSSR count). The fraction of sp³-hybridized carbons (Fsp3) is 0.182. The van der Waals surface area contributed by atoms with E-state index in [2.05, 4.69) is 29.9 Å². The number of nitrogens with one attached hydrogen (secondary N) is 2. The van der Waals surface area contributed by atoms with E-state index in [-0.39, 0.29) is 17.5 Å². The van der Waals surface area contributed by atoms with Crippen LogP contribution in [0, 0.1) is 0 Å². The lowest BCUT2D eigenvalue weighted by molar-refractivity contribution is 0.0939. The topological polar surface area (TPSA) is 114 Å². The van der Waals surface area contributed by atoms with Gasteiger partial charge in [-0.1, -0.05) is 41.7 Å². The normalized spacial score (nSPS) is 11.8. The lowest BCUT2D eigenvalue weighted by Gasteiger charge is -2.19. The van der Waals surface area contributed by atoms with Crippen LogP contribution in [-0.4, -0.2) is 30.4 Å². The van der Waals surface area contributed by atoms with Gasteiger partial charge >= 0.3 is 0 Å². The molecule has 0 radical (unpaired) electrons. The van der Waals surface area contributed by atoms with Gasteiger partial charge in [0.05, 0.1) is 17.4 Å². The number of carbonyl (C=O) groups excluding carboxylic acids is 1. The number of hydrogen-bond donors (Lipinski definition) is 2. The summed E-state index contributed by atoms with van der Waals surface area (Å²) in [6, 6.07) is 14.3. The highest BCUT2D eigenvalue weighted by molar-refractivity contribution is 7.08. The minimum absolute atomic E-state index is 0.238. The molecule has 31 heavy (non-hydrogen) atoms. The number of aromatic nitrogens is 5. The molecule has 1 aromatic carbocycles. The van der Waals surface area contributed by atoms with Gasteiger partial charge in [-0.05, 0) is 35.6 Å². The second kappa shape index (κ2) is 9.40. The third-order valence-corrected chi connectivity index (χ3v) is 5.51. The van der Waals surface area contributed by atoms with Gasteiger partial charge in [0, 0.05) is 30.4 Å². The highest BCUT2D eigenvalue weighted by atomic mass is 32.1. The van der Waals surface area contributed by atoms with Crippen LogP contribution < -0.4 is 10.9 Å². The number of aromatic amines is 1. The molecule has 0 saturated heterocycles. The molecule has 0 unspecified atom stereocenters. The predicted octanol–water partition coefficient (Wildman–Crippen LogP) is 2.96. The number of hydrogen-bond acceptors (Lipinski definition) is 7. The van der Waals surface area contributed by atoms with E-state index in [0.29, 0.717) is 40.5 Å². The number of carbonyl (C=O) groups is 1. The summed E-state index contributed by atoms with van der Waals surface area (Å²) in [5.41, 5.74) is 2.60. The Labute approximate surface area is 182 Å². The maximum Gasteiger partial charge on any atom is 0.265 e. The van der Waals surface area contributed by atoms with Crippen molar-refractivity contribution in [1.29, 1.82) is 0 Å². The molecule has 156 valence electrons. The van der Waals surface area contributed by atoms with Crippen LogP contribution in [0.4, 0.5) is 0 Å². The van der Waals surface area contributed by atoms with Gasteiger partial charge in [-0.25, -0.2) is 4.98 Å². The summed E-state index contributed by atoms with van der Waals surface area (Å²) in [6.07, 6.45) is 4.27. The van der Waals surface area contributed by atoms with E-state index in [1.54, 1.807) is 18.5 Å². The van der Waals surface area contributed by atoms with Crippen molar-refractivity contribution in [2.24, 2.45) is 0 Å². The maximum atomic E-state index is 12.9. The van der Waals surface area contributed by atoms with Crippen LogP contribution in [0.15, 0.2) is 65.7 Å². The number of aryl methyl sites for hydroxylation is 1. The first-order chi connectivity index (χ1) is 15.1. The second-order valence-electron chi connectivity index (χ2n) is 6.87. The van der Waals surface area contributed by atoms with E-state index in [1.807, 2.05) is 43.3 Å². The van der Waals surface area contributed by atoms with Crippen molar-refractivity contribution in [1.82, 2.24) is 29.9 Å². The van der Waals surface area contributed by atoms with Gasteiger partial charge in [0.25, 0.3) is 11.5 Å². The Morgan fingerprint density at radius 2 is 2.03 bits per heavy atom. The highest BCUT2D eigenvalue weighted by Gasteiger charge is 2.21. The summed E-state index contributed by atoms with van der Waals surface area (Å²) in [7, 11) is 0. The molecule has 4 aromatic rings. The monoisotopic (exact) mass is 432 g/mol. The molecule has 0 aliphatic carbocycles. The van der Waals surface area contributed by atoms with E-state index < -0.39 is 0 Å². The van der Waals surface area contributed by atoms with E-state index in [1.165, 1.54) is 6.07 Å². The van der Waals surface area contributed by atoms with Crippen LogP contribution in [-0.2, 0) is 12.8 Å². The van der Waals surface area contributed by atoms with Crippen LogP contribution in [0.5, 0.6) is 0 Å². The van der Waals surface area contributed by atoms with Crippen LogP contribution >= 0.6 is 11.5 Å². The quantitative estimate of drug-likeness (QED) is 0.464. The van der Waals surface area contributed by atoms with Gasteiger partial charge < -0.3 is 10.3 Å². The number of H-pyrrole nitrogens is 1. The van der Waals surface area contributed by atoms with Crippen molar-refractivity contribution in [3.63, 3.8) is 0 Å². The van der Waals surface area contributed by atoms with E-state index in [0.717, 1.165) is 17.1 Å². The summed E-state index contributed by atoms with van der Waals surface area (Å²) in [5.74, 6) is 0.201. The number of rotatable bonds is 7. The van der Waals surface area contributed by atoms with Crippen molar-refractivity contribution in [2.45, 2.75) is 25.8 Å².